The predicted octanol–water partition coefficient (Wildman–Crippen LogP) is 1.27. The van der Waals surface area contributed by atoms with Gasteiger partial charge in [-0.15, -0.1) is 0 Å². The van der Waals surface area contributed by atoms with Gasteiger partial charge in [0.25, 0.3) is 0 Å². The average molecular weight is 150 g/mol. The third-order valence-electron chi connectivity index (χ3n) is 5.24. The van der Waals surface area contributed by atoms with E-state index in [1.165, 1.54) is 19.3 Å². The molecule has 7 atom stereocenters. The zero-order valence-corrected chi connectivity index (χ0v) is 6.61. The van der Waals surface area contributed by atoms with E-state index in [0.717, 1.165) is 35.5 Å². The third-order valence-corrected chi connectivity index (χ3v) is 5.24. The van der Waals surface area contributed by atoms with E-state index in [0.29, 0.717) is 0 Å². The summed E-state index contributed by atoms with van der Waals surface area (Å²) in [6, 6.07) is 0. The molecule has 4 fully saturated rings. The van der Waals surface area contributed by atoms with Gasteiger partial charge in [0, 0.05) is 0 Å². The molecule has 0 radical (unpaired) electrons. The van der Waals surface area contributed by atoms with Crippen LogP contribution in [0.15, 0.2) is 0 Å². The predicted molar refractivity (Wildman–Crippen MR) is 40.8 cm³/mol. The molecule has 1 nitrogen and oxygen atoms in total. The summed E-state index contributed by atoms with van der Waals surface area (Å²) in [5, 5.41) is 9.85. The molecule has 0 aromatic rings. The maximum Gasteiger partial charge on any atom is 0.0605 e. The van der Waals surface area contributed by atoms with E-state index in [1.807, 2.05) is 0 Å². The molecule has 1 heteroatoms. The van der Waals surface area contributed by atoms with Gasteiger partial charge in [0.15, 0.2) is 0 Å². The quantitative estimate of drug-likeness (QED) is 0.551. The standard InChI is InChI=1S/C10H14O/c11-10-7-3-6-4-1-2-5(7)8(4)9(6)10/h4-11H,1-3H2/t4-,5+,6+,7-,8-,9-,10+/m0/s1. The number of rotatable bonds is 0. The van der Waals surface area contributed by atoms with Gasteiger partial charge in [-0.3, -0.25) is 0 Å². The fourth-order valence-corrected chi connectivity index (χ4v) is 5.06. The fourth-order valence-electron chi connectivity index (χ4n) is 5.06. The summed E-state index contributed by atoms with van der Waals surface area (Å²) in [5.41, 5.74) is 0. The molecule has 0 unspecified atom stereocenters. The molecule has 0 heterocycles. The zero-order valence-electron chi connectivity index (χ0n) is 6.61. The Bertz CT molecular complexity index is 211. The van der Waals surface area contributed by atoms with Crippen molar-refractivity contribution in [1.82, 2.24) is 0 Å². The van der Waals surface area contributed by atoms with Crippen LogP contribution in [0.2, 0.25) is 0 Å². The van der Waals surface area contributed by atoms with Crippen molar-refractivity contribution in [3.63, 3.8) is 0 Å². The second-order valence-electron chi connectivity index (χ2n) is 5.11. The van der Waals surface area contributed by atoms with Crippen molar-refractivity contribution in [2.24, 2.45) is 35.5 Å². The smallest absolute Gasteiger partial charge is 0.0605 e. The van der Waals surface area contributed by atoms with Crippen LogP contribution < -0.4 is 0 Å². The van der Waals surface area contributed by atoms with Gasteiger partial charge in [0.05, 0.1) is 6.10 Å². The summed E-state index contributed by atoms with van der Waals surface area (Å²) in [6.07, 6.45) is 4.47. The highest BCUT2D eigenvalue weighted by atomic mass is 16.3. The molecular weight excluding hydrogens is 136 g/mol. The van der Waals surface area contributed by atoms with Crippen molar-refractivity contribution < 1.29 is 5.11 Å². The molecule has 11 heavy (non-hydrogen) atoms. The highest BCUT2D eigenvalue weighted by Gasteiger charge is 2.71. The minimum absolute atomic E-state index is 0.131. The summed E-state index contributed by atoms with van der Waals surface area (Å²) in [5.74, 6) is 5.52. The summed E-state index contributed by atoms with van der Waals surface area (Å²) in [4.78, 5) is 0. The molecule has 0 saturated heterocycles. The molecule has 60 valence electrons. The summed E-state index contributed by atoms with van der Waals surface area (Å²) in [6.45, 7) is 0. The average Bonchev–Trinajstić information content (AvgIpc) is 2.45. The van der Waals surface area contributed by atoms with Crippen molar-refractivity contribution in [2.45, 2.75) is 25.4 Å². The summed E-state index contributed by atoms with van der Waals surface area (Å²) in [7, 11) is 0. The minimum Gasteiger partial charge on any atom is -0.393 e. The lowest BCUT2D eigenvalue weighted by molar-refractivity contribution is -0.0307. The van der Waals surface area contributed by atoms with E-state index >= 15 is 0 Å². The van der Waals surface area contributed by atoms with Crippen LogP contribution in [0, 0.1) is 35.5 Å². The third kappa shape index (κ3) is 0.376. The lowest BCUT2D eigenvalue weighted by Crippen LogP contribution is -2.45. The molecule has 0 aliphatic heterocycles. The van der Waals surface area contributed by atoms with Crippen molar-refractivity contribution in [1.29, 1.82) is 0 Å². The number of aliphatic hydroxyl groups is 1. The Kier molecular flexibility index (Phi) is 0.706. The topological polar surface area (TPSA) is 20.2 Å². The van der Waals surface area contributed by atoms with E-state index in [9.17, 15) is 5.11 Å². The Morgan fingerprint density at radius 2 is 1.55 bits per heavy atom. The molecular formula is C10H14O. The van der Waals surface area contributed by atoms with E-state index in [1.54, 1.807) is 0 Å². The van der Waals surface area contributed by atoms with Crippen molar-refractivity contribution in [3.05, 3.63) is 0 Å². The molecule has 4 saturated carbocycles. The molecule has 2 bridgehead atoms. The van der Waals surface area contributed by atoms with Crippen LogP contribution in [0.25, 0.3) is 0 Å². The van der Waals surface area contributed by atoms with Gasteiger partial charge in [-0.2, -0.15) is 0 Å². The van der Waals surface area contributed by atoms with Gasteiger partial charge < -0.3 is 5.11 Å². The molecule has 0 amide bonds. The maximum atomic E-state index is 9.85. The second kappa shape index (κ2) is 1.39. The van der Waals surface area contributed by atoms with Gasteiger partial charge in [0.2, 0.25) is 0 Å². The van der Waals surface area contributed by atoms with Crippen molar-refractivity contribution in [2.75, 3.05) is 0 Å². The number of hydrogen-bond acceptors (Lipinski definition) is 1. The first-order chi connectivity index (χ1) is 5.38. The number of fused-ring (bicyclic) bond motifs is 3. The first-order valence-corrected chi connectivity index (χ1v) is 5.06. The van der Waals surface area contributed by atoms with Crippen LogP contribution in [0.1, 0.15) is 19.3 Å². The molecule has 4 aliphatic rings. The van der Waals surface area contributed by atoms with Crippen LogP contribution in [0.3, 0.4) is 0 Å². The second-order valence-corrected chi connectivity index (χ2v) is 5.11. The summed E-state index contributed by atoms with van der Waals surface area (Å²) >= 11 is 0. The highest BCUT2D eigenvalue weighted by molar-refractivity contribution is 5.19. The number of aliphatic hydroxyl groups excluding tert-OH is 1. The van der Waals surface area contributed by atoms with Crippen molar-refractivity contribution >= 4 is 0 Å². The molecule has 4 aliphatic carbocycles. The lowest BCUT2D eigenvalue weighted by Gasteiger charge is -2.48. The van der Waals surface area contributed by atoms with Gasteiger partial charge in [-0.25, -0.2) is 0 Å². The van der Waals surface area contributed by atoms with Crippen LogP contribution in [-0.4, -0.2) is 11.2 Å². The Balaban J connectivity index is 1.89. The van der Waals surface area contributed by atoms with E-state index < -0.39 is 0 Å². The van der Waals surface area contributed by atoms with Crippen LogP contribution in [0.5, 0.6) is 0 Å². The molecule has 0 aromatic heterocycles. The fraction of sp³-hybridized carbons (Fsp3) is 1.00. The molecule has 1 N–H and O–H groups in total. The SMILES string of the molecule is O[C@@H]1[C@H]2C[C@@H]3[C@@H]4CC[C@H]2[C@H]4[C@@H]13. The highest BCUT2D eigenvalue weighted by Crippen LogP contribution is 2.74. The first kappa shape index (κ1) is 5.58. The van der Waals surface area contributed by atoms with Gasteiger partial charge in [0.1, 0.15) is 0 Å². The van der Waals surface area contributed by atoms with Gasteiger partial charge in [-0.1, -0.05) is 0 Å². The van der Waals surface area contributed by atoms with Crippen LogP contribution in [0.4, 0.5) is 0 Å². The van der Waals surface area contributed by atoms with Crippen molar-refractivity contribution in [3.8, 4) is 0 Å². The monoisotopic (exact) mass is 150 g/mol. The Morgan fingerprint density at radius 1 is 0.818 bits per heavy atom. The van der Waals surface area contributed by atoms with E-state index in [2.05, 4.69) is 0 Å². The van der Waals surface area contributed by atoms with E-state index in [-0.39, 0.29) is 6.10 Å². The van der Waals surface area contributed by atoms with Crippen LogP contribution in [-0.2, 0) is 0 Å². The Morgan fingerprint density at radius 3 is 2.18 bits per heavy atom. The molecule has 0 aromatic carbocycles. The van der Waals surface area contributed by atoms with Gasteiger partial charge in [-0.05, 0) is 54.8 Å². The largest absolute Gasteiger partial charge is 0.393 e. The van der Waals surface area contributed by atoms with E-state index in [4.69, 9.17) is 0 Å². The molecule has 0 spiro atoms. The number of hydrogen-bond donors (Lipinski definition) is 1. The van der Waals surface area contributed by atoms with Gasteiger partial charge >= 0.3 is 0 Å². The Labute approximate surface area is 66.8 Å². The maximum absolute atomic E-state index is 9.85. The van der Waals surface area contributed by atoms with Crippen LogP contribution >= 0.6 is 0 Å². The lowest BCUT2D eigenvalue weighted by atomic mass is 9.56. The normalized spacial score (nSPS) is 75.5. The summed E-state index contributed by atoms with van der Waals surface area (Å²) < 4.78 is 0. The Hall–Kier alpha value is -0.0400. The zero-order chi connectivity index (χ0) is 7.16. The minimum atomic E-state index is 0.131. The first-order valence-electron chi connectivity index (χ1n) is 5.06. The molecule has 4 rings (SSSR count).